The van der Waals surface area contributed by atoms with E-state index in [4.69, 9.17) is 4.74 Å². The average molecular weight is 527 g/mol. The fourth-order valence-corrected chi connectivity index (χ4v) is 6.44. The van der Waals surface area contributed by atoms with Crippen LogP contribution in [0.25, 0.3) is 0 Å². The number of hydrogen-bond acceptors (Lipinski definition) is 6. The predicted octanol–water partition coefficient (Wildman–Crippen LogP) is 2.79. The Morgan fingerprint density at radius 1 is 0.897 bits per heavy atom. The van der Waals surface area contributed by atoms with Crippen LogP contribution < -0.4 is 20.5 Å². The topological polar surface area (TPSA) is 101 Å². The lowest BCUT2D eigenvalue weighted by Crippen LogP contribution is -2.68. The molecule has 0 aliphatic carbocycles. The highest BCUT2D eigenvalue weighted by atomic mass is 16.5. The number of pyridine rings is 1. The third-order valence-electron chi connectivity index (χ3n) is 8.20. The number of amides is 4. The van der Waals surface area contributed by atoms with Crippen LogP contribution in [0.3, 0.4) is 0 Å². The summed E-state index contributed by atoms with van der Waals surface area (Å²) in [5, 5.41) is 2.49. The smallest absolute Gasteiger partial charge is 0.335 e. The summed E-state index contributed by atoms with van der Waals surface area (Å²) in [6, 6.07) is 20.6. The molecule has 2 aromatic carbocycles. The number of methoxy groups -OCH3 is 1. The summed E-state index contributed by atoms with van der Waals surface area (Å²) in [6.45, 7) is 2.04. The van der Waals surface area contributed by atoms with Crippen molar-refractivity contribution in [3.63, 3.8) is 0 Å². The normalized spacial score (nSPS) is 24.7. The fourth-order valence-electron chi connectivity index (χ4n) is 6.44. The summed E-state index contributed by atoms with van der Waals surface area (Å²) in [7, 11) is 1.58. The van der Waals surface area contributed by atoms with Gasteiger partial charge in [-0.05, 0) is 54.7 Å². The number of ether oxygens (including phenoxy) is 1. The van der Waals surface area contributed by atoms with Crippen LogP contribution in [0.4, 0.5) is 10.5 Å². The molecule has 2 fully saturated rings. The Labute approximate surface area is 226 Å². The number of benzene rings is 2. The van der Waals surface area contributed by atoms with E-state index in [-0.39, 0.29) is 30.4 Å². The summed E-state index contributed by atoms with van der Waals surface area (Å²) >= 11 is 0. The van der Waals surface area contributed by atoms with Gasteiger partial charge in [0.1, 0.15) is 11.2 Å². The van der Waals surface area contributed by atoms with Crippen molar-refractivity contribution < 1.29 is 19.1 Å². The van der Waals surface area contributed by atoms with Crippen LogP contribution in [0.1, 0.15) is 23.6 Å². The fraction of sp³-hybridized carbons (Fsp3) is 0.333. The van der Waals surface area contributed by atoms with Gasteiger partial charge in [-0.2, -0.15) is 0 Å². The zero-order valence-electron chi connectivity index (χ0n) is 21.7. The number of imide groups is 2. The van der Waals surface area contributed by atoms with Gasteiger partial charge >= 0.3 is 6.03 Å². The molecule has 2 bridgehead atoms. The number of urea groups is 1. The average Bonchev–Trinajstić information content (AvgIpc) is 2.93. The van der Waals surface area contributed by atoms with Crippen LogP contribution in [-0.4, -0.2) is 54.1 Å². The largest absolute Gasteiger partial charge is 0.497 e. The predicted molar refractivity (Wildman–Crippen MR) is 145 cm³/mol. The van der Waals surface area contributed by atoms with Crippen molar-refractivity contribution >= 4 is 23.5 Å². The van der Waals surface area contributed by atoms with Crippen LogP contribution in [0.5, 0.6) is 5.75 Å². The van der Waals surface area contributed by atoms with Crippen LogP contribution >= 0.6 is 0 Å². The molecule has 3 aliphatic heterocycles. The Balaban J connectivity index is 1.37. The van der Waals surface area contributed by atoms with Crippen LogP contribution in [0, 0.1) is 11.3 Å². The standard InChI is InChI=1S/C30H30N4O5/c1-39-24-12-10-20(11-13-24)15-30(27(36)31-29(38)34(28(30)37)23-6-3-2-4-7-23)19-32-16-21-14-22(18-32)25-8-5-9-26(35)33(25)17-21/h2-13,21-22H,14-19H2,1H3,(H,31,36,38)/t21-,22+,30+/m0/s1. The van der Waals surface area contributed by atoms with E-state index >= 15 is 0 Å². The number of fused-ring (bicyclic) bond motifs is 4. The van der Waals surface area contributed by atoms with Crippen molar-refractivity contribution in [3.05, 3.63) is 94.4 Å². The number of barbiturate groups is 1. The molecule has 2 saturated heterocycles. The van der Waals surface area contributed by atoms with E-state index in [1.807, 2.05) is 22.8 Å². The minimum Gasteiger partial charge on any atom is -0.497 e. The van der Waals surface area contributed by atoms with E-state index in [1.165, 1.54) is 0 Å². The number of hydrogen-bond donors (Lipinski definition) is 1. The van der Waals surface area contributed by atoms with Crippen LogP contribution in [-0.2, 0) is 22.6 Å². The first-order chi connectivity index (χ1) is 18.9. The molecular formula is C30H30N4O5. The van der Waals surface area contributed by atoms with Gasteiger partial charge in [0.25, 0.3) is 11.5 Å². The van der Waals surface area contributed by atoms with E-state index in [1.54, 1.807) is 61.7 Å². The number of carbonyl (C=O) groups excluding carboxylic acids is 3. The highest BCUT2D eigenvalue weighted by Gasteiger charge is 2.55. The lowest BCUT2D eigenvalue weighted by molar-refractivity contribution is -0.144. The zero-order valence-corrected chi connectivity index (χ0v) is 21.7. The molecule has 3 aliphatic rings. The van der Waals surface area contributed by atoms with E-state index < -0.39 is 23.3 Å². The second-order valence-corrected chi connectivity index (χ2v) is 10.7. The first kappa shape index (κ1) is 25.1. The van der Waals surface area contributed by atoms with Gasteiger partial charge in [-0.25, -0.2) is 9.69 Å². The molecular weight excluding hydrogens is 496 g/mol. The lowest BCUT2D eigenvalue weighted by atomic mass is 9.75. The minimum atomic E-state index is -1.53. The van der Waals surface area contributed by atoms with Gasteiger partial charge in [0.15, 0.2) is 0 Å². The molecule has 39 heavy (non-hydrogen) atoms. The Hall–Kier alpha value is -4.24. The number of para-hydroxylation sites is 1. The molecule has 1 aromatic heterocycles. The summed E-state index contributed by atoms with van der Waals surface area (Å²) in [5.74, 6) is -0.106. The Kier molecular flexibility index (Phi) is 6.31. The molecule has 6 rings (SSSR count). The highest BCUT2D eigenvalue weighted by Crippen LogP contribution is 2.39. The van der Waals surface area contributed by atoms with Gasteiger partial charge < -0.3 is 14.2 Å². The van der Waals surface area contributed by atoms with Crippen molar-refractivity contribution in [1.82, 2.24) is 14.8 Å². The first-order valence-corrected chi connectivity index (χ1v) is 13.2. The molecule has 3 aromatic rings. The SMILES string of the molecule is COc1ccc(C[C@@]2(CN3C[C@@H]4C[C@H](C3)c3cccc(=O)n3C4)C(=O)NC(=O)N(c3ccccc3)C2=O)cc1. The van der Waals surface area contributed by atoms with Crippen LogP contribution in [0.2, 0.25) is 0 Å². The number of nitrogens with zero attached hydrogens (tertiary/aromatic N) is 3. The van der Waals surface area contributed by atoms with E-state index in [9.17, 15) is 19.2 Å². The third-order valence-corrected chi connectivity index (χ3v) is 8.20. The molecule has 9 heteroatoms. The van der Waals surface area contributed by atoms with Gasteiger partial charge in [-0.1, -0.05) is 36.4 Å². The summed E-state index contributed by atoms with van der Waals surface area (Å²) < 4.78 is 7.14. The van der Waals surface area contributed by atoms with E-state index in [0.29, 0.717) is 31.1 Å². The van der Waals surface area contributed by atoms with Crippen molar-refractivity contribution in [2.75, 3.05) is 31.6 Å². The summed E-state index contributed by atoms with van der Waals surface area (Å²) in [6.07, 6.45) is 1.08. The number of anilines is 1. The highest BCUT2D eigenvalue weighted by molar-refractivity contribution is 6.30. The Morgan fingerprint density at radius 3 is 2.41 bits per heavy atom. The second-order valence-electron chi connectivity index (χ2n) is 10.7. The molecule has 0 radical (unpaired) electrons. The molecule has 200 valence electrons. The van der Waals surface area contributed by atoms with Gasteiger partial charge in [-0.3, -0.25) is 19.7 Å². The van der Waals surface area contributed by atoms with Gasteiger partial charge in [0.2, 0.25) is 5.91 Å². The van der Waals surface area contributed by atoms with Crippen molar-refractivity contribution in [2.45, 2.75) is 25.3 Å². The number of nitrogens with one attached hydrogen (secondary N) is 1. The lowest BCUT2D eigenvalue weighted by Gasteiger charge is -2.47. The van der Waals surface area contributed by atoms with Gasteiger partial charge in [-0.15, -0.1) is 0 Å². The second kappa shape index (κ2) is 9.81. The van der Waals surface area contributed by atoms with Crippen LogP contribution in [0.15, 0.2) is 77.6 Å². The monoisotopic (exact) mass is 526 g/mol. The molecule has 0 saturated carbocycles. The van der Waals surface area contributed by atoms with Gasteiger partial charge in [0, 0.05) is 43.9 Å². The molecule has 9 nitrogen and oxygen atoms in total. The van der Waals surface area contributed by atoms with Crippen molar-refractivity contribution in [2.24, 2.45) is 11.3 Å². The number of likely N-dealkylation sites (tertiary alicyclic amines) is 1. The quantitative estimate of drug-likeness (QED) is 0.496. The number of rotatable bonds is 6. The molecule has 3 atom stereocenters. The first-order valence-electron chi connectivity index (χ1n) is 13.2. The molecule has 4 heterocycles. The van der Waals surface area contributed by atoms with Crippen molar-refractivity contribution in [1.29, 1.82) is 0 Å². The zero-order chi connectivity index (χ0) is 27.1. The summed E-state index contributed by atoms with van der Waals surface area (Å²) in [4.78, 5) is 56.7. The number of carbonyl (C=O) groups is 3. The summed E-state index contributed by atoms with van der Waals surface area (Å²) in [5.41, 5.74) is 0.671. The van der Waals surface area contributed by atoms with Crippen molar-refractivity contribution in [3.8, 4) is 5.75 Å². The van der Waals surface area contributed by atoms with Gasteiger partial charge in [0.05, 0.1) is 12.8 Å². The van der Waals surface area contributed by atoms with E-state index in [2.05, 4.69) is 10.2 Å². The molecule has 0 unspecified atom stereocenters. The number of piperidine rings is 1. The maximum Gasteiger partial charge on any atom is 0.335 e. The minimum absolute atomic E-state index is 0.00507. The number of aromatic nitrogens is 1. The molecule has 0 spiro atoms. The maximum atomic E-state index is 14.3. The molecule has 4 amide bonds. The maximum absolute atomic E-state index is 14.3. The Bertz CT molecular complexity index is 1490. The third kappa shape index (κ3) is 4.42. The van der Waals surface area contributed by atoms with E-state index in [0.717, 1.165) is 22.6 Å². The Morgan fingerprint density at radius 2 is 1.67 bits per heavy atom. The molecule has 1 N–H and O–H groups in total.